The van der Waals surface area contributed by atoms with Crippen molar-refractivity contribution in [2.75, 3.05) is 13.2 Å². The second kappa shape index (κ2) is 62.9. The molecule has 0 N–H and O–H groups in total. The van der Waals surface area contributed by atoms with Crippen molar-refractivity contribution in [2.24, 2.45) is 0 Å². The van der Waals surface area contributed by atoms with Crippen LogP contribution in [0.3, 0.4) is 0 Å². The van der Waals surface area contributed by atoms with Gasteiger partial charge in [-0.25, -0.2) is 0 Å². The van der Waals surface area contributed by atoms with Crippen LogP contribution in [-0.4, -0.2) is 37.2 Å². The minimum Gasteiger partial charge on any atom is -0.462 e. The summed E-state index contributed by atoms with van der Waals surface area (Å²) in [4.78, 5) is 38.1. The Morgan fingerprint density at radius 2 is 0.370 bits per heavy atom. The lowest BCUT2D eigenvalue weighted by Gasteiger charge is -2.18. The lowest BCUT2D eigenvalue weighted by atomic mass is 10.0. The number of carbonyl (C=O) groups excluding carboxylic acids is 3. The number of unbranched alkanes of at least 4 members (excludes halogenated alkanes) is 52. The minimum atomic E-state index is -0.761. The molecule has 0 rings (SSSR count). The molecule has 0 fully saturated rings. The van der Waals surface area contributed by atoms with Gasteiger partial charge in [0.25, 0.3) is 0 Å². The van der Waals surface area contributed by atoms with Crippen LogP contribution in [0.4, 0.5) is 0 Å². The molecular weight excluding hydrogens is 901 g/mol. The Morgan fingerprint density at radius 1 is 0.219 bits per heavy atom. The fourth-order valence-corrected chi connectivity index (χ4v) is 10.6. The van der Waals surface area contributed by atoms with Crippen molar-refractivity contribution >= 4 is 17.9 Å². The fourth-order valence-electron chi connectivity index (χ4n) is 10.6. The monoisotopic (exact) mass is 1030 g/mol. The molecule has 0 radical (unpaired) electrons. The van der Waals surface area contributed by atoms with E-state index >= 15 is 0 Å². The Morgan fingerprint density at radius 3 is 0.548 bits per heavy atom. The van der Waals surface area contributed by atoms with Crippen LogP contribution in [0.15, 0.2) is 0 Å². The summed E-state index contributed by atoms with van der Waals surface area (Å²) in [6, 6.07) is 0. The quantitative estimate of drug-likeness (QED) is 0.0343. The molecule has 434 valence electrons. The summed E-state index contributed by atoms with van der Waals surface area (Å²) in [5, 5.41) is 0. The number of hydrogen-bond acceptors (Lipinski definition) is 6. The highest BCUT2D eigenvalue weighted by Crippen LogP contribution is 2.19. The largest absolute Gasteiger partial charge is 0.462 e. The summed E-state index contributed by atoms with van der Waals surface area (Å²) in [5.74, 6) is -0.833. The zero-order valence-corrected chi connectivity index (χ0v) is 50.0. The van der Waals surface area contributed by atoms with Crippen molar-refractivity contribution in [3.8, 4) is 0 Å². The van der Waals surface area contributed by atoms with Crippen LogP contribution in [0.25, 0.3) is 0 Å². The zero-order chi connectivity index (χ0) is 52.9. The van der Waals surface area contributed by atoms with Gasteiger partial charge in [0.15, 0.2) is 6.10 Å². The van der Waals surface area contributed by atoms with Crippen LogP contribution in [0.2, 0.25) is 0 Å². The van der Waals surface area contributed by atoms with E-state index in [-0.39, 0.29) is 31.1 Å². The van der Waals surface area contributed by atoms with E-state index in [9.17, 15) is 14.4 Å². The van der Waals surface area contributed by atoms with Gasteiger partial charge in [-0.05, 0) is 19.3 Å². The van der Waals surface area contributed by atoms with Gasteiger partial charge in [-0.1, -0.05) is 355 Å². The predicted molar refractivity (Wildman–Crippen MR) is 317 cm³/mol. The van der Waals surface area contributed by atoms with Crippen LogP contribution < -0.4 is 0 Å². The minimum absolute atomic E-state index is 0.0612. The molecule has 0 bridgehead atoms. The first-order valence-electron chi connectivity index (χ1n) is 33.5. The van der Waals surface area contributed by atoms with Gasteiger partial charge in [-0.3, -0.25) is 14.4 Å². The topological polar surface area (TPSA) is 78.9 Å². The summed E-state index contributed by atoms with van der Waals surface area (Å²) >= 11 is 0. The third-order valence-electron chi connectivity index (χ3n) is 15.6. The summed E-state index contributed by atoms with van der Waals surface area (Å²) in [6.07, 6.45) is 72.9. The average molecular weight is 1030 g/mol. The standard InChI is InChI=1S/C67H130O6/c1-4-7-10-13-16-19-21-23-25-26-27-28-29-30-31-32-33-34-35-36-37-38-39-40-42-43-45-48-51-54-57-60-66(69)72-63-64(62-71-65(68)59-56-53-50-47-18-15-12-9-6-3)73-67(70)61-58-55-52-49-46-44-41-24-22-20-17-14-11-8-5-2/h64H,4-63H2,1-3H3. The van der Waals surface area contributed by atoms with E-state index in [1.165, 1.54) is 295 Å². The maximum absolute atomic E-state index is 12.8. The van der Waals surface area contributed by atoms with E-state index in [4.69, 9.17) is 14.2 Å². The van der Waals surface area contributed by atoms with Crippen molar-refractivity contribution in [3.63, 3.8) is 0 Å². The highest BCUT2D eigenvalue weighted by atomic mass is 16.6. The predicted octanol–water partition coefficient (Wildman–Crippen LogP) is 22.7. The molecule has 1 atom stereocenters. The van der Waals surface area contributed by atoms with Crippen LogP contribution in [0, 0.1) is 0 Å². The van der Waals surface area contributed by atoms with Gasteiger partial charge >= 0.3 is 17.9 Å². The molecule has 0 aliphatic carbocycles. The molecule has 0 aromatic carbocycles. The van der Waals surface area contributed by atoms with Gasteiger partial charge in [0.2, 0.25) is 0 Å². The van der Waals surface area contributed by atoms with E-state index in [1.807, 2.05) is 0 Å². The van der Waals surface area contributed by atoms with Crippen molar-refractivity contribution in [1.82, 2.24) is 0 Å². The van der Waals surface area contributed by atoms with Crippen LogP contribution in [-0.2, 0) is 28.6 Å². The van der Waals surface area contributed by atoms with Gasteiger partial charge in [-0.2, -0.15) is 0 Å². The number of carbonyl (C=O) groups is 3. The van der Waals surface area contributed by atoms with Gasteiger partial charge < -0.3 is 14.2 Å². The van der Waals surface area contributed by atoms with Gasteiger partial charge in [0.1, 0.15) is 13.2 Å². The molecule has 0 amide bonds. The Balaban J connectivity index is 3.98. The third kappa shape index (κ3) is 61.1. The van der Waals surface area contributed by atoms with Gasteiger partial charge in [-0.15, -0.1) is 0 Å². The molecule has 0 aromatic heterocycles. The molecule has 73 heavy (non-hydrogen) atoms. The van der Waals surface area contributed by atoms with Crippen molar-refractivity contribution in [2.45, 2.75) is 399 Å². The first-order chi connectivity index (χ1) is 36.0. The first-order valence-corrected chi connectivity index (χ1v) is 33.5. The average Bonchev–Trinajstić information content (AvgIpc) is 3.39. The number of esters is 3. The molecule has 6 nitrogen and oxygen atoms in total. The smallest absolute Gasteiger partial charge is 0.306 e. The molecule has 0 heterocycles. The number of ether oxygens (including phenoxy) is 3. The molecular formula is C67H130O6. The van der Waals surface area contributed by atoms with Crippen LogP contribution in [0.1, 0.15) is 393 Å². The van der Waals surface area contributed by atoms with E-state index in [1.54, 1.807) is 0 Å². The molecule has 0 aliphatic heterocycles. The second-order valence-corrected chi connectivity index (χ2v) is 23.1. The maximum atomic E-state index is 12.8. The summed E-state index contributed by atoms with van der Waals surface area (Å²) in [7, 11) is 0. The highest BCUT2D eigenvalue weighted by Gasteiger charge is 2.19. The van der Waals surface area contributed by atoms with E-state index in [0.29, 0.717) is 19.3 Å². The van der Waals surface area contributed by atoms with Gasteiger partial charge in [0.05, 0.1) is 0 Å². The van der Waals surface area contributed by atoms with Crippen molar-refractivity contribution < 1.29 is 28.6 Å². The Bertz CT molecular complexity index is 1090. The van der Waals surface area contributed by atoms with Crippen molar-refractivity contribution in [1.29, 1.82) is 0 Å². The normalized spacial score (nSPS) is 11.9. The maximum Gasteiger partial charge on any atom is 0.306 e. The molecule has 0 aromatic rings. The molecule has 0 saturated heterocycles. The summed E-state index contributed by atoms with van der Waals surface area (Å²) in [5.41, 5.74) is 0. The van der Waals surface area contributed by atoms with E-state index < -0.39 is 6.10 Å². The molecule has 0 saturated carbocycles. The number of hydrogen-bond donors (Lipinski definition) is 0. The fraction of sp³-hybridized carbons (Fsp3) is 0.955. The van der Waals surface area contributed by atoms with Crippen LogP contribution >= 0.6 is 0 Å². The lowest BCUT2D eigenvalue weighted by Crippen LogP contribution is -2.30. The van der Waals surface area contributed by atoms with E-state index in [2.05, 4.69) is 20.8 Å². The molecule has 0 aliphatic rings. The number of rotatable bonds is 63. The highest BCUT2D eigenvalue weighted by molar-refractivity contribution is 5.71. The third-order valence-corrected chi connectivity index (χ3v) is 15.6. The van der Waals surface area contributed by atoms with E-state index in [0.717, 1.165) is 57.8 Å². The molecule has 1 unspecified atom stereocenters. The Kier molecular flexibility index (Phi) is 61.6. The van der Waals surface area contributed by atoms with Crippen molar-refractivity contribution in [3.05, 3.63) is 0 Å². The first kappa shape index (κ1) is 71.4. The lowest BCUT2D eigenvalue weighted by molar-refractivity contribution is -0.167. The molecule has 0 spiro atoms. The Labute approximate surface area is 457 Å². The SMILES string of the molecule is CCCCCCCCCCCCCCCCCCCCCCCCCCCCCCCCCC(=O)OCC(COC(=O)CCCCCCCCCCC)OC(=O)CCCCCCCCCCCCCCCCC. The summed E-state index contributed by atoms with van der Waals surface area (Å²) in [6.45, 7) is 6.70. The molecule has 6 heteroatoms. The Hall–Kier alpha value is -1.59. The second-order valence-electron chi connectivity index (χ2n) is 23.1. The van der Waals surface area contributed by atoms with Gasteiger partial charge in [0, 0.05) is 19.3 Å². The zero-order valence-electron chi connectivity index (χ0n) is 50.0. The van der Waals surface area contributed by atoms with Crippen LogP contribution in [0.5, 0.6) is 0 Å². The summed E-state index contributed by atoms with van der Waals surface area (Å²) < 4.78 is 16.9.